The lowest BCUT2D eigenvalue weighted by atomic mass is 9.87. The van der Waals surface area contributed by atoms with Crippen LogP contribution in [0.4, 0.5) is 10.1 Å². The number of nitrogens with zero attached hydrogens (tertiary/aromatic N) is 4. The minimum atomic E-state index is -1.25. The Morgan fingerprint density at radius 1 is 1.05 bits per heavy atom. The normalized spacial score (nSPS) is 20.6. The maximum atomic E-state index is 15.6. The lowest BCUT2D eigenvalue weighted by Gasteiger charge is -2.20. The summed E-state index contributed by atoms with van der Waals surface area (Å²) in [5.41, 5.74) is 5.55. The van der Waals surface area contributed by atoms with E-state index in [4.69, 9.17) is 19.6 Å². The van der Waals surface area contributed by atoms with Crippen LogP contribution in [0, 0.1) is 17.2 Å². The van der Waals surface area contributed by atoms with Gasteiger partial charge in [0.2, 0.25) is 0 Å². The van der Waals surface area contributed by atoms with Crippen molar-refractivity contribution < 1.29 is 13.9 Å². The van der Waals surface area contributed by atoms with Crippen molar-refractivity contribution in [3.63, 3.8) is 0 Å². The van der Waals surface area contributed by atoms with Crippen LogP contribution in [0.15, 0.2) is 12.1 Å². The monoisotopic (exact) mass is 585 g/mol. The largest absolute Gasteiger partial charge is 0.385 e. The highest BCUT2D eigenvalue weighted by Crippen LogP contribution is 2.60. The first-order valence-corrected chi connectivity index (χ1v) is 22.4. The van der Waals surface area contributed by atoms with E-state index in [9.17, 15) is 0 Å². The summed E-state index contributed by atoms with van der Waals surface area (Å²) in [6, 6.07) is 5.68. The summed E-state index contributed by atoms with van der Waals surface area (Å²) < 4.78 is 32.0. The molecule has 0 radical (unpaired) electrons. The topological polar surface area (TPSA) is 66.1 Å². The predicted molar refractivity (Wildman–Crippen MR) is 167 cm³/mol. The number of benzene rings is 1. The van der Waals surface area contributed by atoms with E-state index < -0.39 is 16.1 Å². The molecule has 0 spiro atoms. The Kier molecular flexibility index (Phi) is 8.10. The van der Waals surface area contributed by atoms with E-state index >= 15 is 4.39 Å². The molecule has 0 bridgehead atoms. The van der Waals surface area contributed by atoms with Crippen molar-refractivity contribution in [3.8, 4) is 11.5 Å². The molecule has 2 atom stereocenters. The van der Waals surface area contributed by atoms with E-state index in [1.54, 1.807) is 6.07 Å². The van der Waals surface area contributed by atoms with Crippen LogP contribution >= 0.6 is 0 Å². The molecule has 2 aromatic heterocycles. The lowest BCUT2D eigenvalue weighted by Crippen LogP contribution is -2.23. The van der Waals surface area contributed by atoms with Crippen LogP contribution in [-0.2, 0) is 35.8 Å². The van der Waals surface area contributed by atoms with Gasteiger partial charge in [-0.25, -0.2) is 14.1 Å². The van der Waals surface area contributed by atoms with Gasteiger partial charge in [-0.1, -0.05) is 46.2 Å². The zero-order valence-electron chi connectivity index (χ0n) is 25.8. The molecule has 0 saturated heterocycles. The van der Waals surface area contributed by atoms with Gasteiger partial charge in [0, 0.05) is 52.9 Å². The SMILES string of the molecule is CCNc1cc(F)c2c(c1)nc(-c1nn(COCC[Si](C)(C)C)c3c1C[C@@H]1C[C@]1(C)C3)n2COCC[Si](C)(C)C. The molecule has 1 saturated carbocycles. The van der Waals surface area contributed by atoms with Gasteiger partial charge in [0.05, 0.1) is 5.52 Å². The third-order valence-corrected chi connectivity index (χ3v) is 11.9. The minimum absolute atomic E-state index is 0.253. The lowest BCUT2D eigenvalue weighted by molar-refractivity contribution is 0.0756. The van der Waals surface area contributed by atoms with Crippen molar-refractivity contribution in [1.82, 2.24) is 19.3 Å². The van der Waals surface area contributed by atoms with Crippen LogP contribution in [0.2, 0.25) is 51.4 Å². The maximum absolute atomic E-state index is 15.6. The summed E-state index contributed by atoms with van der Waals surface area (Å²) in [7, 11) is -2.43. The number of anilines is 1. The molecule has 0 amide bonds. The number of ether oxygens (including phenoxy) is 2. The zero-order valence-corrected chi connectivity index (χ0v) is 27.8. The molecule has 220 valence electrons. The van der Waals surface area contributed by atoms with Gasteiger partial charge in [0.15, 0.2) is 11.6 Å². The summed E-state index contributed by atoms with van der Waals surface area (Å²) in [6.45, 7) is 21.4. The maximum Gasteiger partial charge on any atom is 0.164 e. The molecular formula is C30H48FN5O2Si2. The second-order valence-electron chi connectivity index (χ2n) is 14.6. The summed E-state index contributed by atoms with van der Waals surface area (Å²) in [6.07, 6.45) is 3.23. The number of imidazole rings is 1. The zero-order chi connectivity index (χ0) is 28.9. The molecule has 7 nitrogen and oxygen atoms in total. The highest BCUT2D eigenvalue weighted by molar-refractivity contribution is 6.76. The second kappa shape index (κ2) is 11.0. The summed E-state index contributed by atoms with van der Waals surface area (Å²) in [5.74, 6) is 1.07. The summed E-state index contributed by atoms with van der Waals surface area (Å²) in [4.78, 5) is 5.02. The van der Waals surface area contributed by atoms with Crippen LogP contribution in [-0.4, -0.2) is 55.2 Å². The van der Waals surface area contributed by atoms with Gasteiger partial charge < -0.3 is 14.8 Å². The van der Waals surface area contributed by atoms with Gasteiger partial charge in [-0.15, -0.1) is 0 Å². The first-order valence-electron chi connectivity index (χ1n) is 15.0. The number of hydrogen-bond donors (Lipinski definition) is 1. The Bertz CT molecular complexity index is 1370. The molecule has 1 fully saturated rings. The van der Waals surface area contributed by atoms with Gasteiger partial charge in [-0.3, -0.25) is 4.57 Å². The highest BCUT2D eigenvalue weighted by atomic mass is 28.3. The number of hydrogen-bond acceptors (Lipinski definition) is 5. The van der Waals surface area contributed by atoms with Crippen molar-refractivity contribution in [1.29, 1.82) is 0 Å². The second-order valence-corrected chi connectivity index (χ2v) is 25.9. The Morgan fingerprint density at radius 2 is 1.73 bits per heavy atom. The van der Waals surface area contributed by atoms with Crippen LogP contribution < -0.4 is 5.32 Å². The van der Waals surface area contributed by atoms with Gasteiger partial charge in [-0.2, -0.15) is 5.10 Å². The molecule has 1 aromatic carbocycles. The average molecular weight is 586 g/mol. The number of fused-ring (bicyclic) bond motifs is 3. The Morgan fingerprint density at radius 3 is 2.38 bits per heavy atom. The van der Waals surface area contributed by atoms with Crippen molar-refractivity contribution in [2.75, 3.05) is 25.1 Å². The molecule has 40 heavy (non-hydrogen) atoms. The number of rotatable bonds is 13. The van der Waals surface area contributed by atoms with Crippen molar-refractivity contribution in [2.24, 2.45) is 11.3 Å². The first-order chi connectivity index (χ1) is 18.8. The summed E-state index contributed by atoms with van der Waals surface area (Å²) >= 11 is 0. The van der Waals surface area contributed by atoms with Crippen molar-refractivity contribution in [3.05, 3.63) is 29.2 Å². The molecule has 5 rings (SSSR count). The van der Waals surface area contributed by atoms with E-state index in [0.29, 0.717) is 48.1 Å². The fourth-order valence-electron chi connectivity index (χ4n) is 5.79. The Balaban J connectivity index is 1.53. The molecule has 3 aromatic rings. The van der Waals surface area contributed by atoms with E-state index in [0.717, 1.165) is 42.9 Å². The van der Waals surface area contributed by atoms with Gasteiger partial charge >= 0.3 is 0 Å². The van der Waals surface area contributed by atoms with Gasteiger partial charge in [0.25, 0.3) is 0 Å². The van der Waals surface area contributed by atoms with Crippen LogP contribution in [0.3, 0.4) is 0 Å². The molecule has 2 aliphatic carbocycles. The minimum Gasteiger partial charge on any atom is -0.385 e. The number of aromatic nitrogens is 4. The van der Waals surface area contributed by atoms with Crippen molar-refractivity contribution >= 4 is 32.9 Å². The first kappa shape index (κ1) is 29.5. The molecular weight excluding hydrogens is 538 g/mol. The number of nitrogens with one attached hydrogen (secondary N) is 1. The fraction of sp³-hybridized carbons (Fsp3) is 0.667. The molecule has 1 N–H and O–H groups in total. The third-order valence-electron chi connectivity index (χ3n) is 8.54. The fourth-order valence-corrected chi connectivity index (χ4v) is 7.31. The van der Waals surface area contributed by atoms with Crippen molar-refractivity contribution in [2.45, 2.75) is 97.9 Å². The van der Waals surface area contributed by atoms with Crippen LogP contribution in [0.5, 0.6) is 0 Å². The average Bonchev–Trinajstić information content (AvgIpc) is 3.19. The molecule has 2 aliphatic rings. The standard InChI is InChI=1S/C30H48FN5O2Si2/c1-9-32-22-15-24(31)28-25(16-22)33-29(35(28)19-37-10-12-39(3,4)5)27-23-14-21-17-30(21,2)18-26(23)36(34-27)20-38-11-13-40(6,7)8/h15-16,21,32H,9-14,17-20H2,1-8H3/t21-,30-/m1/s1. The van der Waals surface area contributed by atoms with E-state index in [2.05, 4.69) is 56.2 Å². The molecule has 2 heterocycles. The highest BCUT2D eigenvalue weighted by Gasteiger charge is 2.54. The molecule has 10 heteroatoms. The predicted octanol–water partition coefficient (Wildman–Crippen LogP) is 7.22. The Labute approximate surface area is 240 Å². The van der Waals surface area contributed by atoms with E-state index in [-0.39, 0.29) is 12.5 Å². The van der Waals surface area contributed by atoms with E-state index in [1.807, 2.05) is 17.6 Å². The number of halogens is 1. The van der Waals surface area contributed by atoms with Gasteiger partial charge in [0.1, 0.15) is 24.7 Å². The summed E-state index contributed by atoms with van der Waals surface area (Å²) in [5, 5.41) is 8.36. The molecule has 0 aliphatic heterocycles. The van der Waals surface area contributed by atoms with Crippen LogP contribution in [0.25, 0.3) is 22.6 Å². The van der Waals surface area contributed by atoms with Gasteiger partial charge in [-0.05, 0) is 61.7 Å². The Hall–Kier alpha value is -2.02. The third kappa shape index (κ3) is 6.40. The van der Waals surface area contributed by atoms with Crippen LogP contribution in [0.1, 0.15) is 31.5 Å². The van der Waals surface area contributed by atoms with E-state index in [1.165, 1.54) is 17.7 Å². The molecule has 0 unspecified atom stereocenters. The quantitative estimate of drug-likeness (QED) is 0.169. The smallest absolute Gasteiger partial charge is 0.164 e.